The van der Waals surface area contributed by atoms with Crippen LogP contribution in [-0.4, -0.2) is 43.6 Å². The lowest BCUT2D eigenvalue weighted by Gasteiger charge is -2.26. The van der Waals surface area contributed by atoms with E-state index < -0.39 is 0 Å². The van der Waals surface area contributed by atoms with Crippen LogP contribution in [0.3, 0.4) is 0 Å². The number of hydrogen-bond acceptors (Lipinski definition) is 5. The fourth-order valence-electron chi connectivity index (χ4n) is 2.40. The van der Waals surface area contributed by atoms with Gasteiger partial charge in [-0.2, -0.15) is 5.10 Å². The number of hydrogen-bond donors (Lipinski definition) is 1. The van der Waals surface area contributed by atoms with Gasteiger partial charge in [-0.05, 0) is 19.4 Å². The van der Waals surface area contributed by atoms with E-state index in [0.29, 0.717) is 18.2 Å². The molecular weight excluding hydrogens is 268 g/mol. The number of carbonyl (C=O) groups is 1. The zero-order valence-corrected chi connectivity index (χ0v) is 12.4. The van der Waals surface area contributed by atoms with Crippen molar-refractivity contribution in [2.24, 2.45) is 0 Å². The Morgan fingerprint density at radius 2 is 2.24 bits per heavy atom. The van der Waals surface area contributed by atoms with Gasteiger partial charge in [0.25, 0.3) is 0 Å². The molecule has 112 valence electrons. The molecule has 0 radical (unpaired) electrons. The summed E-state index contributed by atoms with van der Waals surface area (Å²) in [5.41, 5.74) is 2.40. The number of nitrogens with zero attached hydrogens (tertiary/aromatic N) is 5. The van der Waals surface area contributed by atoms with Crippen LogP contribution in [0.5, 0.6) is 0 Å². The van der Waals surface area contributed by atoms with Crippen LogP contribution in [0.25, 0.3) is 0 Å². The van der Waals surface area contributed by atoms with Crippen molar-refractivity contribution in [3.8, 4) is 0 Å². The Balaban J connectivity index is 1.73. The van der Waals surface area contributed by atoms with Gasteiger partial charge < -0.3 is 5.32 Å². The first kappa shape index (κ1) is 13.9. The average Bonchev–Trinajstić information content (AvgIpc) is 3.03. The van der Waals surface area contributed by atoms with Crippen LogP contribution >= 0.6 is 0 Å². The van der Waals surface area contributed by atoms with E-state index in [0.717, 1.165) is 37.4 Å². The molecule has 1 aliphatic rings. The second kappa shape index (κ2) is 5.77. The number of aromatic nitrogens is 5. The van der Waals surface area contributed by atoms with Crippen molar-refractivity contribution in [3.63, 3.8) is 0 Å². The van der Waals surface area contributed by atoms with Crippen LogP contribution in [0.15, 0.2) is 12.3 Å². The van der Waals surface area contributed by atoms with E-state index in [4.69, 9.17) is 0 Å². The molecule has 1 fully saturated rings. The highest BCUT2D eigenvalue weighted by atomic mass is 16.1. The van der Waals surface area contributed by atoms with Gasteiger partial charge in [0, 0.05) is 25.3 Å². The van der Waals surface area contributed by atoms with Gasteiger partial charge in [-0.1, -0.05) is 12.1 Å². The Kier molecular flexibility index (Phi) is 3.83. The van der Waals surface area contributed by atoms with Crippen LogP contribution in [-0.2, 0) is 19.4 Å². The smallest absolute Gasteiger partial charge is 0.190 e. The Morgan fingerprint density at radius 1 is 1.43 bits per heavy atom. The van der Waals surface area contributed by atoms with Crippen LogP contribution in [0.4, 0.5) is 0 Å². The maximum Gasteiger partial charge on any atom is 0.190 e. The second-order valence-corrected chi connectivity index (χ2v) is 5.29. The molecule has 0 bridgehead atoms. The summed E-state index contributed by atoms with van der Waals surface area (Å²) in [6.07, 6.45) is 2.95. The molecule has 1 aliphatic heterocycles. The summed E-state index contributed by atoms with van der Waals surface area (Å²) < 4.78 is 3.66. The molecule has 2 aromatic heterocycles. The zero-order chi connectivity index (χ0) is 14.8. The average molecular weight is 288 g/mol. The number of carbonyl (C=O) groups excluding carboxylic acids is 1. The van der Waals surface area contributed by atoms with Crippen LogP contribution in [0.2, 0.25) is 0 Å². The molecule has 3 rings (SSSR count). The number of Topliss-reactive ketones (excluding diaryl/α,β-unsaturated/α-hetero) is 1. The first-order valence-electron chi connectivity index (χ1n) is 7.42. The molecule has 0 saturated carbocycles. The molecule has 0 spiro atoms. The summed E-state index contributed by atoms with van der Waals surface area (Å²) in [4.78, 5) is 12.3. The first-order valence-corrected chi connectivity index (χ1v) is 7.42. The van der Waals surface area contributed by atoms with E-state index in [1.807, 2.05) is 17.7 Å². The molecule has 3 heterocycles. The van der Waals surface area contributed by atoms with Crippen molar-refractivity contribution >= 4 is 5.78 Å². The summed E-state index contributed by atoms with van der Waals surface area (Å²) in [6, 6.07) is 2.33. The molecular formula is C14H20N6O. The molecule has 0 unspecified atom stereocenters. The molecule has 7 nitrogen and oxygen atoms in total. The molecule has 21 heavy (non-hydrogen) atoms. The summed E-state index contributed by atoms with van der Waals surface area (Å²) in [7, 11) is 0. The van der Waals surface area contributed by atoms with Gasteiger partial charge in [-0.25, -0.2) is 4.68 Å². The molecule has 0 atom stereocenters. The Bertz CT molecular complexity index is 640. The Morgan fingerprint density at radius 3 is 2.86 bits per heavy atom. The highest BCUT2D eigenvalue weighted by Crippen LogP contribution is 2.12. The van der Waals surface area contributed by atoms with Crippen molar-refractivity contribution in [3.05, 3.63) is 29.3 Å². The van der Waals surface area contributed by atoms with Gasteiger partial charge >= 0.3 is 0 Å². The lowest BCUT2D eigenvalue weighted by molar-refractivity contribution is 0.0985. The van der Waals surface area contributed by atoms with Gasteiger partial charge in [-0.15, -0.1) is 5.10 Å². The molecule has 0 amide bonds. The normalized spacial score (nSPS) is 15.1. The number of ketones is 1. The van der Waals surface area contributed by atoms with Gasteiger partial charge in [-0.3, -0.25) is 9.48 Å². The van der Waals surface area contributed by atoms with Gasteiger partial charge in [0.05, 0.1) is 24.4 Å². The van der Waals surface area contributed by atoms with E-state index in [1.54, 1.807) is 10.9 Å². The number of aryl methyl sites for hydroxylation is 2. The lowest BCUT2D eigenvalue weighted by Crippen LogP contribution is -2.43. The minimum absolute atomic E-state index is 0.00853. The summed E-state index contributed by atoms with van der Waals surface area (Å²) in [5.74, 6) is -0.00853. The maximum absolute atomic E-state index is 12.3. The van der Waals surface area contributed by atoms with Crippen molar-refractivity contribution in [2.75, 3.05) is 13.1 Å². The van der Waals surface area contributed by atoms with Crippen LogP contribution in [0, 0.1) is 0 Å². The Hall–Kier alpha value is -2.02. The van der Waals surface area contributed by atoms with Crippen LogP contribution in [0.1, 0.15) is 41.8 Å². The molecule has 2 aromatic rings. The zero-order valence-electron chi connectivity index (χ0n) is 12.4. The van der Waals surface area contributed by atoms with Crippen molar-refractivity contribution in [1.29, 1.82) is 0 Å². The van der Waals surface area contributed by atoms with E-state index in [2.05, 4.69) is 27.7 Å². The van der Waals surface area contributed by atoms with Crippen molar-refractivity contribution < 1.29 is 4.79 Å². The number of nitrogens with one attached hydrogen (secondary N) is 1. The molecule has 1 saturated heterocycles. The first-order chi connectivity index (χ1) is 10.2. The molecule has 1 N–H and O–H groups in total. The lowest BCUT2D eigenvalue weighted by atomic mass is 10.1. The predicted octanol–water partition coefficient (Wildman–Crippen LogP) is 0.627. The third-order valence-electron chi connectivity index (χ3n) is 3.85. The van der Waals surface area contributed by atoms with E-state index >= 15 is 0 Å². The predicted molar refractivity (Wildman–Crippen MR) is 77.2 cm³/mol. The number of rotatable bonds is 6. The monoisotopic (exact) mass is 288 g/mol. The SMILES string of the molecule is CCc1cc(CC(=O)c2cn(C3CNC3)nn2)n(CC)n1. The molecule has 0 aromatic carbocycles. The summed E-state index contributed by atoms with van der Waals surface area (Å²) in [5, 5.41) is 15.7. The summed E-state index contributed by atoms with van der Waals surface area (Å²) in [6.45, 7) is 6.63. The fraction of sp³-hybridized carbons (Fsp3) is 0.571. The fourth-order valence-corrected chi connectivity index (χ4v) is 2.40. The van der Waals surface area contributed by atoms with E-state index in [-0.39, 0.29) is 5.78 Å². The van der Waals surface area contributed by atoms with Crippen molar-refractivity contribution in [1.82, 2.24) is 30.1 Å². The van der Waals surface area contributed by atoms with Crippen molar-refractivity contribution in [2.45, 2.75) is 39.3 Å². The van der Waals surface area contributed by atoms with Crippen LogP contribution < -0.4 is 5.32 Å². The van der Waals surface area contributed by atoms with Gasteiger partial charge in [0.2, 0.25) is 0 Å². The maximum atomic E-state index is 12.3. The molecule has 0 aliphatic carbocycles. The quantitative estimate of drug-likeness (QED) is 0.789. The summed E-state index contributed by atoms with van der Waals surface area (Å²) >= 11 is 0. The third-order valence-corrected chi connectivity index (χ3v) is 3.85. The molecule has 7 heteroatoms. The van der Waals surface area contributed by atoms with Gasteiger partial charge in [0.1, 0.15) is 5.69 Å². The second-order valence-electron chi connectivity index (χ2n) is 5.29. The minimum Gasteiger partial charge on any atom is -0.312 e. The largest absolute Gasteiger partial charge is 0.312 e. The topological polar surface area (TPSA) is 77.6 Å². The Labute approximate surface area is 123 Å². The van der Waals surface area contributed by atoms with E-state index in [1.165, 1.54) is 0 Å². The minimum atomic E-state index is -0.00853. The highest BCUT2D eigenvalue weighted by molar-refractivity contribution is 5.95. The highest BCUT2D eigenvalue weighted by Gasteiger charge is 2.22. The standard InChI is InChI=1S/C14H20N6O/c1-3-10-5-11(19(4-2)17-10)6-14(21)13-9-20(18-16-13)12-7-15-8-12/h5,9,12,15H,3-4,6-8H2,1-2H3. The van der Waals surface area contributed by atoms with Gasteiger partial charge in [0.15, 0.2) is 5.78 Å². The van der Waals surface area contributed by atoms with E-state index in [9.17, 15) is 4.79 Å². The third kappa shape index (κ3) is 2.73.